The normalized spacial score (nSPS) is 13.6. The summed E-state index contributed by atoms with van der Waals surface area (Å²) in [6.07, 6.45) is 1.13. The highest BCUT2D eigenvalue weighted by atomic mass is 16.5. The highest BCUT2D eigenvalue weighted by Crippen LogP contribution is 2.27. The molecule has 0 fully saturated rings. The summed E-state index contributed by atoms with van der Waals surface area (Å²) in [7, 11) is 0. The van der Waals surface area contributed by atoms with Gasteiger partial charge in [-0.3, -0.25) is 0 Å². The maximum absolute atomic E-state index is 5.64. The Balaban J connectivity index is 2.68. The summed E-state index contributed by atoms with van der Waals surface area (Å²) in [5.74, 6) is 0.896. The Kier molecular flexibility index (Phi) is 4.36. The lowest BCUT2D eigenvalue weighted by molar-refractivity contribution is 0.296. The van der Waals surface area contributed by atoms with Crippen molar-refractivity contribution in [3.63, 3.8) is 0 Å². The first-order valence-corrected chi connectivity index (χ1v) is 5.94. The third-order valence-corrected chi connectivity index (χ3v) is 3.03. The van der Waals surface area contributed by atoms with E-state index in [2.05, 4.69) is 32.9 Å². The van der Waals surface area contributed by atoms with Gasteiger partial charge in [-0.2, -0.15) is 0 Å². The molecule has 0 heterocycles. The predicted octanol–water partition coefficient (Wildman–Crippen LogP) is 3.10. The average molecular weight is 221 g/mol. The van der Waals surface area contributed by atoms with Crippen LogP contribution in [0.15, 0.2) is 24.3 Å². The zero-order chi connectivity index (χ0) is 12.2. The zero-order valence-electron chi connectivity index (χ0n) is 10.8. The van der Waals surface area contributed by atoms with Crippen molar-refractivity contribution in [1.82, 2.24) is 0 Å². The first kappa shape index (κ1) is 13.0. The van der Waals surface area contributed by atoms with Crippen LogP contribution in [0.1, 0.15) is 39.7 Å². The standard InChI is InChI=1S/C14H23NO/c1-5-14(3,4)12-6-8-13(9-7-12)16-10-11(2)15/h6-9,11H,5,10,15H2,1-4H3/t11-/m0/s1. The van der Waals surface area contributed by atoms with E-state index in [9.17, 15) is 0 Å². The fraction of sp³-hybridized carbons (Fsp3) is 0.571. The van der Waals surface area contributed by atoms with Crippen LogP contribution in [-0.2, 0) is 5.41 Å². The summed E-state index contributed by atoms with van der Waals surface area (Å²) < 4.78 is 5.54. The summed E-state index contributed by atoms with van der Waals surface area (Å²) in [4.78, 5) is 0. The quantitative estimate of drug-likeness (QED) is 0.829. The molecule has 0 bridgehead atoms. The van der Waals surface area contributed by atoms with Gasteiger partial charge in [-0.1, -0.05) is 32.9 Å². The van der Waals surface area contributed by atoms with Crippen molar-refractivity contribution in [1.29, 1.82) is 0 Å². The number of rotatable bonds is 5. The number of hydrogen-bond acceptors (Lipinski definition) is 2. The number of benzene rings is 1. The van der Waals surface area contributed by atoms with E-state index in [1.54, 1.807) is 0 Å². The molecule has 0 unspecified atom stereocenters. The summed E-state index contributed by atoms with van der Waals surface area (Å²) in [6, 6.07) is 8.40. The lowest BCUT2D eigenvalue weighted by atomic mass is 9.82. The van der Waals surface area contributed by atoms with E-state index in [0.29, 0.717) is 6.61 Å². The van der Waals surface area contributed by atoms with Crippen LogP contribution in [0.2, 0.25) is 0 Å². The lowest BCUT2D eigenvalue weighted by Crippen LogP contribution is -2.23. The van der Waals surface area contributed by atoms with Crippen LogP contribution < -0.4 is 10.5 Å². The van der Waals surface area contributed by atoms with Gasteiger partial charge in [-0.05, 0) is 36.5 Å². The molecular formula is C14H23NO. The molecule has 90 valence electrons. The SMILES string of the molecule is CCC(C)(C)c1ccc(OC[C@H](C)N)cc1. The Morgan fingerprint density at radius 3 is 2.25 bits per heavy atom. The molecule has 2 N–H and O–H groups in total. The summed E-state index contributed by atoms with van der Waals surface area (Å²) in [5, 5.41) is 0. The van der Waals surface area contributed by atoms with Crippen LogP contribution in [0.5, 0.6) is 5.75 Å². The molecule has 1 aromatic carbocycles. The highest BCUT2D eigenvalue weighted by Gasteiger charge is 2.17. The Morgan fingerprint density at radius 2 is 1.81 bits per heavy atom. The van der Waals surface area contributed by atoms with Gasteiger partial charge in [-0.25, -0.2) is 0 Å². The van der Waals surface area contributed by atoms with Gasteiger partial charge in [0.05, 0.1) is 0 Å². The molecule has 2 nitrogen and oxygen atoms in total. The zero-order valence-corrected chi connectivity index (χ0v) is 10.8. The minimum Gasteiger partial charge on any atom is -0.492 e. The molecule has 2 heteroatoms. The van der Waals surface area contributed by atoms with Gasteiger partial charge in [0.2, 0.25) is 0 Å². The summed E-state index contributed by atoms with van der Waals surface area (Å²) in [5.41, 5.74) is 7.22. The van der Waals surface area contributed by atoms with Gasteiger partial charge in [0.25, 0.3) is 0 Å². The van der Waals surface area contributed by atoms with Crippen LogP contribution in [0.3, 0.4) is 0 Å². The fourth-order valence-electron chi connectivity index (χ4n) is 1.43. The second kappa shape index (κ2) is 5.35. The smallest absolute Gasteiger partial charge is 0.119 e. The van der Waals surface area contributed by atoms with Crippen molar-refractivity contribution in [2.75, 3.05) is 6.61 Å². The molecule has 0 amide bonds. The maximum atomic E-state index is 5.64. The Labute approximate surface area is 98.8 Å². The van der Waals surface area contributed by atoms with Crippen molar-refractivity contribution in [3.05, 3.63) is 29.8 Å². The Bertz CT molecular complexity index is 314. The van der Waals surface area contributed by atoms with E-state index in [-0.39, 0.29) is 11.5 Å². The molecule has 0 saturated heterocycles. The molecule has 1 aromatic rings. The summed E-state index contributed by atoms with van der Waals surface area (Å²) >= 11 is 0. The minimum absolute atomic E-state index is 0.0757. The number of ether oxygens (including phenoxy) is 1. The van der Waals surface area contributed by atoms with Gasteiger partial charge in [-0.15, -0.1) is 0 Å². The number of hydrogen-bond donors (Lipinski definition) is 1. The molecule has 0 saturated carbocycles. The molecule has 0 aliphatic carbocycles. The molecule has 0 aliphatic heterocycles. The molecule has 16 heavy (non-hydrogen) atoms. The summed E-state index contributed by atoms with van der Waals surface area (Å²) in [6.45, 7) is 9.22. The molecule has 0 aliphatic rings. The van der Waals surface area contributed by atoms with E-state index in [1.165, 1.54) is 5.56 Å². The van der Waals surface area contributed by atoms with Crippen molar-refractivity contribution in [2.45, 2.75) is 45.6 Å². The average Bonchev–Trinajstić information content (AvgIpc) is 2.27. The molecule has 1 rings (SSSR count). The largest absolute Gasteiger partial charge is 0.492 e. The topological polar surface area (TPSA) is 35.2 Å². The fourth-order valence-corrected chi connectivity index (χ4v) is 1.43. The van der Waals surface area contributed by atoms with Crippen molar-refractivity contribution in [3.8, 4) is 5.75 Å². The van der Waals surface area contributed by atoms with Crippen molar-refractivity contribution in [2.24, 2.45) is 5.73 Å². The third-order valence-electron chi connectivity index (χ3n) is 3.03. The number of nitrogens with two attached hydrogens (primary N) is 1. The van der Waals surface area contributed by atoms with Crippen LogP contribution in [0, 0.1) is 0 Å². The molecule has 1 atom stereocenters. The van der Waals surface area contributed by atoms with Crippen LogP contribution >= 0.6 is 0 Å². The Morgan fingerprint density at radius 1 is 1.25 bits per heavy atom. The van der Waals surface area contributed by atoms with Gasteiger partial charge in [0, 0.05) is 6.04 Å². The van der Waals surface area contributed by atoms with Gasteiger partial charge in [0.15, 0.2) is 0 Å². The first-order valence-electron chi connectivity index (χ1n) is 5.94. The van der Waals surface area contributed by atoms with E-state index >= 15 is 0 Å². The van der Waals surface area contributed by atoms with E-state index in [0.717, 1.165) is 12.2 Å². The molecular weight excluding hydrogens is 198 g/mol. The minimum atomic E-state index is 0.0757. The first-order chi connectivity index (χ1) is 7.45. The molecule has 0 spiro atoms. The van der Waals surface area contributed by atoms with Crippen LogP contribution in [-0.4, -0.2) is 12.6 Å². The van der Waals surface area contributed by atoms with Crippen LogP contribution in [0.25, 0.3) is 0 Å². The highest BCUT2D eigenvalue weighted by molar-refractivity contribution is 5.31. The molecule has 0 aromatic heterocycles. The van der Waals surface area contributed by atoms with E-state index in [4.69, 9.17) is 10.5 Å². The van der Waals surface area contributed by atoms with Crippen molar-refractivity contribution < 1.29 is 4.74 Å². The monoisotopic (exact) mass is 221 g/mol. The van der Waals surface area contributed by atoms with Crippen molar-refractivity contribution >= 4 is 0 Å². The second-order valence-electron chi connectivity index (χ2n) is 5.05. The van der Waals surface area contributed by atoms with E-state index in [1.807, 2.05) is 19.1 Å². The lowest BCUT2D eigenvalue weighted by Gasteiger charge is -2.23. The maximum Gasteiger partial charge on any atom is 0.119 e. The third kappa shape index (κ3) is 3.53. The predicted molar refractivity (Wildman–Crippen MR) is 68.9 cm³/mol. The Hall–Kier alpha value is -1.02. The second-order valence-corrected chi connectivity index (χ2v) is 5.05. The van der Waals surface area contributed by atoms with Crippen LogP contribution in [0.4, 0.5) is 0 Å². The van der Waals surface area contributed by atoms with Gasteiger partial charge >= 0.3 is 0 Å². The van der Waals surface area contributed by atoms with Gasteiger partial charge < -0.3 is 10.5 Å². The van der Waals surface area contributed by atoms with E-state index < -0.39 is 0 Å². The van der Waals surface area contributed by atoms with Gasteiger partial charge in [0.1, 0.15) is 12.4 Å². The molecule has 0 radical (unpaired) electrons.